The fourth-order valence-electron chi connectivity index (χ4n) is 2.10. The smallest absolute Gasteiger partial charge is 0.229 e. The standard InChI is InChI=1S/C15H13N3O2/c1-10(5-4-8-16)15-17-14(18-20-15)12-9-19-13-7-3-2-6-11(12)13/h2-3,6-7,9-10H,4-5H2,1H3. The van der Waals surface area contributed by atoms with Crippen molar-refractivity contribution in [2.75, 3.05) is 0 Å². The maximum Gasteiger partial charge on any atom is 0.229 e. The van der Waals surface area contributed by atoms with E-state index in [1.807, 2.05) is 31.2 Å². The summed E-state index contributed by atoms with van der Waals surface area (Å²) in [5.41, 5.74) is 1.62. The Morgan fingerprint density at radius 2 is 2.20 bits per heavy atom. The molecule has 0 aliphatic heterocycles. The number of nitriles is 1. The lowest BCUT2D eigenvalue weighted by atomic mass is 10.1. The van der Waals surface area contributed by atoms with Gasteiger partial charge in [0.2, 0.25) is 11.7 Å². The summed E-state index contributed by atoms with van der Waals surface area (Å²) in [6.07, 6.45) is 2.83. The summed E-state index contributed by atoms with van der Waals surface area (Å²) in [4.78, 5) is 4.41. The second-order valence-corrected chi connectivity index (χ2v) is 4.70. The monoisotopic (exact) mass is 267 g/mol. The third-order valence-corrected chi connectivity index (χ3v) is 3.27. The summed E-state index contributed by atoms with van der Waals surface area (Å²) >= 11 is 0. The van der Waals surface area contributed by atoms with Crippen LogP contribution in [0.25, 0.3) is 22.4 Å². The Morgan fingerprint density at radius 3 is 3.05 bits per heavy atom. The van der Waals surface area contributed by atoms with Gasteiger partial charge in [-0.25, -0.2) is 0 Å². The molecule has 3 rings (SSSR count). The number of benzene rings is 1. The van der Waals surface area contributed by atoms with Crippen LogP contribution in [0.3, 0.4) is 0 Å². The molecular weight excluding hydrogens is 254 g/mol. The van der Waals surface area contributed by atoms with Gasteiger partial charge in [-0.05, 0) is 12.5 Å². The predicted molar refractivity (Wildman–Crippen MR) is 72.8 cm³/mol. The third-order valence-electron chi connectivity index (χ3n) is 3.27. The second-order valence-electron chi connectivity index (χ2n) is 4.70. The van der Waals surface area contributed by atoms with E-state index < -0.39 is 0 Å². The van der Waals surface area contributed by atoms with Crippen molar-refractivity contribution < 1.29 is 8.94 Å². The highest BCUT2D eigenvalue weighted by molar-refractivity contribution is 5.91. The summed E-state index contributed by atoms with van der Waals surface area (Å²) in [6.45, 7) is 1.97. The van der Waals surface area contributed by atoms with Gasteiger partial charge in [0.15, 0.2) is 0 Å². The largest absolute Gasteiger partial charge is 0.464 e. The molecule has 0 saturated carbocycles. The van der Waals surface area contributed by atoms with Gasteiger partial charge < -0.3 is 8.94 Å². The van der Waals surface area contributed by atoms with Crippen LogP contribution in [0.4, 0.5) is 0 Å². The topological polar surface area (TPSA) is 75.8 Å². The van der Waals surface area contributed by atoms with Crippen molar-refractivity contribution in [1.29, 1.82) is 5.26 Å². The molecule has 2 heterocycles. The van der Waals surface area contributed by atoms with Gasteiger partial charge in [0.1, 0.15) is 11.8 Å². The molecule has 0 radical (unpaired) electrons. The fourth-order valence-corrected chi connectivity index (χ4v) is 2.10. The minimum atomic E-state index is 0.0778. The molecule has 100 valence electrons. The van der Waals surface area contributed by atoms with Crippen LogP contribution in [-0.2, 0) is 0 Å². The van der Waals surface area contributed by atoms with Gasteiger partial charge in [0, 0.05) is 17.7 Å². The van der Waals surface area contributed by atoms with Crippen molar-refractivity contribution >= 4 is 11.0 Å². The molecule has 1 aromatic carbocycles. The first-order valence-electron chi connectivity index (χ1n) is 6.46. The van der Waals surface area contributed by atoms with E-state index in [0.717, 1.165) is 16.5 Å². The van der Waals surface area contributed by atoms with Crippen molar-refractivity contribution in [2.45, 2.75) is 25.7 Å². The maximum absolute atomic E-state index is 8.61. The average molecular weight is 267 g/mol. The normalized spacial score (nSPS) is 12.4. The number of furan rings is 1. The van der Waals surface area contributed by atoms with Crippen LogP contribution >= 0.6 is 0 Å². The van der Waals surface area contributed by atoms with Gasteiger partial charge in [-0.1, -0.05) is 30.3 Å². The van der Waals surface area contributed by atoms with Gasteiger partial charge in [-0.15, -0.1) is 0 Å². The summed E-state index contributed by atoms with van der Waals surface area (Å²) in [5, 5.41) is 13.6. The van der Waals surface area contributed by atoms with Gasteiger partial charge >= 0.3 is 0 Å². The van der Waals surface area contributed by atoms with Crippen molar-refractivity contribution in [1.82, 2.24) is 10.1 Å². The molecule has 20 heavy (non-hydrogen) atoms. The zero-order valence-electron chi connectivity index (χ0n) is 11.0. The lowest BCUT2D eigenvalue weighted by Crippen LogP contribution is -1.93. The van der Waals surface area contributed by atoms with E-state index in [2.05, 4.69) is 16.2 Å². The molecule has 3 aromatic rings. The number of rotatable bonds is 4. The lowest BCUT2D eigenvalue weighted by Gasteiger charge is -2.00. The number of hydrogen-bond acceptors (Lipinski definition) is 5. The van der Waals surface area contributed by atoms with E-state index in [0.29, 0.717) is 24.6 Å². The van der Waals surface area contributed by atoms with E-state index in [1.54, 1.807) is 6.26 Å². The average Bonchev–Trinajstić information content (AvgIpc) is 3.10. The summed E-state index contributed by atoms with van der Waals surface area (Å²) in [7, 11) is 0. The first-order valence-corrected chi connectivity index (χ1v) is 6.46. The molecule has 2 aromatic heterocycles. The van der Waals surface area contributed by atoms with Crippen molar-refractivity contribution in [3.8, 4) is 17.5 Å². The molecule has 1 atom stereocenters. The molecule has 0 amide bonds. The minimum absolute atomic E-state index is 0.0778. The van der Waals surface area contributed by atoms with E-state index in [-0.39, 0.29) is 5.92 Å². The van der Waals surface area contributed by atoms with Crippen LogP contribution in [0.5, 0.6) is 0 Å². The quantitative estimate of drug-likeness (QED) is 0.716. The van der Waals surface area contributed by atoms with Crippen LogP contribution in [-0.4, -0.2) is 10.1 Å². The van der Waals surface area contributed by atoms with Crippen LogP contribution < -0.4 is 0 Å². The minimum Gasteiger partial charge on any atom is -0.464 e. The molecule has 0 spiro atoms. The Labute approximate surface area is 115 Å². The summed E-state index contributed by atoms with van der Waals surface area (Å²) in [6, 6.07) is 9.84. The van der Waals surface area contributed by atoms with Gasteiger partial charge in [-0.3, -0.25) is 0 Å². The highest BCUT2D eigenvalue weighted by Crippen LogP contribution is 2.29. The molecular formula is C15H13N3O2. The van der Waals surface area contributed by atoms with Crippen LogP contribution in [0.1, 0.15) is 31.6 Å². The summed E-state index contributed by atoms with van der Waals surface area (Å²) in [5.74, 6) is 1.16. The van der Waals surface area contributed by atoms with Gasteiger partial charge in [-0.2, -0.15) is 10.2 Å². The van der Waals surface area contributed by atoms with Crippen LogP contribution in [0, 0.1) is 11.3 Å². The zero-order chi connectivity index (χ0) is 13.9. The first kappa shape index (κ1) is 12.4. The molecule has 0 bridgehead atoms. The Kier molecular flexibility index (Phi) is 3.21. The number of aromatic nitrogens is 2. The van der Waals surface area contributed by atoms with Crippen LogP contribution in [0.15, 0.2) is 39.5 Å². The van der Waals surface area contributed by atoms with Gasteiger partial charge in [0.05, 0.1) is 11.6 Å². The highest BCUT2D eigenvalue weighted by atomic mass is 16.5. The van der Waals surface area contributed by atoms with E-state index >= 15 is 0 Å². The molecule has 0 N–H and O–H groups in total. The SMILES string of the molecule is CC(CCC#N)c1nc(-c2coc3ccccc23)no1. The number of fused-ring (bicyclic) bond motifs is 1. The number of nitrogens with zero attached hydrogens (tertiary/aromatic N) is 3. The zero-order valence-corrected chi connectivity index (χ0v) is 11.0. The molecule has 0 saturated heterocycles. The maximum atomic E-state index is 8.61. The Bertz CT molecular complexity index is 767. The first-order chi connectivity index (χ1) is 9.79. The van der Waals surface area contributed by atoms with Gasteiger partial charge in [0.25, 0.3) is 0 Å². The van der Waals surface area contributed by atoms with E-state index in [1.165, 1.54) is 0 Å². The number of para-hydroxylation sites is 1. The molecule has 5 nitrogen and oxygen atoms in total. The van der Waals surface area contributed by atoms with Crippen molar-refractivity contribution in [3.63, 3.8) is 0 Å². The Balaban J connectivity index is 1.92. The molecule has 0 fully saturated rings. The molecule has 5 heteroatoms. The Morgan fingerprint density at radius 1 is 1.35 bits per heavy atom. The lowest BCUT2D eigenvalue weighted by molar-refractivity contribution is 0.355. The van der Waals surface area contributed by atoms with Crippen molar-refractivity contribution in [2.24, 2.45) is 0 Å². The van der Waals surface area contributed by atoms with Crippen molar-refractivity contribution in [3.05, 3.63) is 36.4 Å². The third kappa shape index (κ3) is 2.16. The van der Waals surface area contributed by atoms with E-state index in [4.69, 9.17) is 14.2 Å². The Hall–Kier alpha value is -2.61. The summed E-state index contributed by atoms with van der Waals surface area (Å²) < 4.78 is 10.8. The molecule has 1 unspecified atom stereocenters. The predicted octanol–water partition coefficient (Wildman–Crippen LogP) is 3.89. The molecule has 0 aliphatic carbocycles. The van der Waals surface area contributed by atoms with Crippen LogP contribution in [0.2, 0.25) is 0 Å². The highest BCUT2D eigenvalue weighted by Gasteiger charge is 2.17. The number of hydrogen-bond donors (Lipinski definition) is 0. The van der Waals surface area contributed by atoms with E-state index in [9.17, 15) is 0 Å². The fraction of sp³-hybridized carbons (Fsp3) is 0.267. The second kappa shape index (κ2) is 5.17. The molecule has 0 aliphatic rings.